The van der Waals surface area contributed by atoms with Crippen molar-refractivity contribution in [2.24, 2.45) is 5.14 Å². The molecule has 0 saturated heterocycles. The van der Waals surface area contributed by atoms with Gasteiger partial charge in [0.15, 0.2) is 0 Å². The lowest BCUT2D eigenvalue weighted by Crippen LogP contribution is -2.27. The van der Waals surface area contributed by atoms with E-state index in [1.54, 1.807) is 13.0 Å². The number of non-ortho nitro benzene ring substituents is 1. The first-order valence-electron chi connectivity index (χ1n) is 6.97. The van der Waals surface area contributed by atoms with Gasteiger partial charge in [0.05, 0.1) is 26.4 Å². The van der Waals surface area contributed by atoms with E-state index in [1.807, 2.05) is 0 Å². The lowest BCUT2D eigenvalue weighted by molar-refractivity contribution is -0.384. The molecular formula is C15H14ClN3O5S. The van der Waals surface area contributed by atoms with Gasteiger partial charge in [0.25, 0.3) is 11.6 Å². The van der Waals surface area contributed by atoms with Crippen LogP contribution >= 0.6 is 11.6 Å². The van der Waals surface area contributed by atoms with Crippen LogP contribution in [0.4, 0.5) is 5.69 Å². The number of carbonyl (C=O) groups excluding carboxylic acids is 1. The summed E-state index contributed by atoms with van der Waals surface area (Å²) in [5.41, 5.74) is 0.370. The quantitative estimate of drug-likeness (QED) is 0.604. The Morgan fingerprint density at radius 1 is 1.28 bits per heavy atom. The highest BCUT2D eigenvalue weighted by molar-refractivity contribution is 7.89. The second-order valence-electron chi connectivity index (χ2n) is 5.23. The number of nitrogens with two attached hydrogens (primary N) is 1. The summed E-state index contributed by atoms with van der Waals surface area (Å²) in [4.78, 5) is 22.3. The number of nitro groups is 1. The lowest BCUT2D eigenvalue weighted by atomic mass is 10.1. The molecule has 10 heteroatoms. The van der Waals surface area contributed by atoms with Gasteiger partial charge in [-0.25, -0.2) is 13.6 Å². The highest BCUT2D eigenvalue weighted by atomic mass is 35.5. The van der Waals surface area contributed by atoms with E-state index in [-0.39, 0.29) is 21.2 Å². The molecule has 0 spiro atoms. The molecule has 0 aromatic heterocycles. The Morgan fingerprint density at radius 2 is 1.96 bits per heavy atom. The molecule has 0 radical (unpaired) electrons. The Hall–Kier alpha value is -2.49. The van der Waals surface area contributed by atoms with Gasteiger partial charge in [-0.1, -0.05) is 23.7 Å². The summed E-state index contributed by atoms with van der Waals surface area (Å²) >= 11 is 5.92. The van der Waals surface area contributed by atoms with E-state index in [4.69, 9.17) is 16.7 Å². The van der Waals surface area contributed by atoms with E-state index in [0.29, 0.717) is 5.56 Å². The van der Waals surface area contributed by atoms with Gasteiger partial charge in [0.2, 0.25) is 10.0 Å². The number of nitrogens with one attached hydrogen (secondary N) is 1. The average Bonchev–Trinajstić information content (AvgIpc) is 2.53. The van der Waals surface area contributed by atoms with Gasteiger partial charge in [0, 0.05) is 12.1 Å². The molecule has 0 aliphatic rings. The fourth-order valence-electron chi connectivity index (χ4n) is 2.12. The Labute approximate surface area is 148 Å². The molecule has 1 amide bonds. The van der Waals surface area contributed by atoms with Gasteiger partial charge in [-0.15, -0.1) is 0 Å². The third kappa shape index (κ3) is 4.53. The summed E-state index contributed by atoms with van der Waals surface area (Å²) in [7, 11) is -3.86. The number of carbonyl (C=O) groups is 1. The van der Waals surface area contributed by atoms with Crippen LogP contribution in [-0.2, 0) is 10.0 Å². The first kappa shape index (κ1) is 18.8. The predicted octanol–water partition coefficient (Wildman–Crippen LogP) is 2.39. The standard InChI is InChI=1S/C15H14ClN3O5S/c1-9(10-3-2-4-12(7-10)25(17,23)24)18-15(20)13-6-5-11(19(21)22)8-14(13)16/h2-9H,1H3,(H,18,20)(H2,17,23,24). The number of rotatable bonds is 5. The van der Waals surface area contributed by atoms with Crippen LogP contribution in [0.15, 0.2) is 47.4 Å². The maximum absolute atomic E-state index is 12.3. The first-order valence-corrected chi connectivity index (χ1v) is 8.89. The third-order valence-corrected chi connectivity index (χ3v) is 4.67. The maximum atomic E-state index is 12.3. The van der Waals surface area contributed by atoms with Crippen molar-refractivity contribution in [3.8, 4) is 0 Å². The molecule has 0 saturated carbocycles. The molecular weight excluding hydrogens is 370 g/mol. The zero-order valence-electron chi connectivity index (χ0n) is 13.0. The number of nitrogens with zero attached hydrogens (tertiary/aromatic N) is 1. The fourth-order valence-corrected chi connectivity index (χ4v) is 2.95. The molecule has 0 bridgehead atoms. The molecule has 132 valence electrons. The normalized spacial score (nSPS) is 12.4. The van der Waals surface area contributed by atoms with Crippen molar-refractivity contribution in [1.82, 2.24) is 5.32 Å². The minimum atomic E-state index is -3.86. The van der Waals surface area contributed by atoms with Gasteiger partial charge in [0.1, 0.15) is 0 Å². The van der Waals surface area contributed by atoms with Crippen LogP contribution in [0.2, 0.25) is 5.02 Å². The predicted molar refractivity (Wildman–Crippen MR) is 91.8 cm³/mol. The van der Waals surface area contributed by atoms with Gasteiger partial charge < -0.3 is 5.32 Å². The third-order valence-electron chi connectivity index (χ3n) is 3.44. The number of benzene rings is 2. The summed E-state index contributed by atoms with van der Waals surface area (Å²) in [6, 6.07) is 8.82. The van der Waals surface area contributed by atoms with E-state index in [9.17, 15) is 23.3 Å². The molecule has 1 atom stereocenters. The van der Waals surface area contributed by atoms with Crippen LogP contribution in [0.5, 0.6) is 0 Å². The van der Waals surface area contributed by atoms with E-state index >= 15 is 0 Å². The van der Waals surface area contributed by atoms with Gasteiger partial charge in [-0.3, -0.25) is 14.9 Å². The molecule has 0 heterocycles. The largest absolute Gasteiger partial charge is 0.345 e. The zero-order valence-corrected chi connectivity index (χ0v) is 14.5. The number of sulfonamides is 1. The smallest absolute Gasteiger partial charge is 0.270 e. The molecule has 25 heavy (non-hydrogen) atoms. The van der Waals surface area contributed by atoms with Crippen molar-refractivity contribution < 1.29 is 18.1 Å². The van der Waals surface area contributed by atoms with E-state index in [0.717, 1.165) is 6.07 Å². The average molecular weight is 384 g/mol. The topological polar surface area (TPSA) is 132 Å². The number of hydrogen-bond donors (Lipinski definition) is 2. The molecule has 1 unspecified atom stereocenters. The highest BCUT2D eigenvalue weighted by Gasteiger charge is 2.18. The van der Waals surface area contributed by atoms with Crippen molar-refractivity contribution in [2.45, 2.75) is 17.9 Å². The number of nitro benzene ring substituents is 1. The van der Waals surface area contributed by atoms with Crippen LogP contribution in [0.25, 0.3) is 0 Å². The molecule has 2 aromatic carbocycles. The van der Waals surface area contributed by atoms with E-state index < -0.39 is 26.9 Å². The Kier molecular flexibility index (Phi) is 5.41. The number of halogens is 1. The SMILES string of the molecule is CC(NC(=O)c1ccc([N+](=O)[O-])cc1Cl)c1cccc(S(N)(=O)=O)c1. The Balaban J connectivity index is 2.22. The Bertz CT molecular complexity index is 946. The second kappa shape index (κ2) is 7.18. The fraction of sp³-hybridized carbons (Fsp3) is 0.133. The molecule has 0 aliphatic carbocycles. The van der Waals surface area contributed by atoms with Crippen LogP contribution in [-0.4, -0.2) is 19.2 Å². The van der Waals surface area contributed by atoms with Crippen molar-refractivity contribution >= 4 is 33.2 Å². The molecule has 0 aliphatic heterocycles. The van der Waals surface area contributed by atoms with Crippen LogP contribution in [0, 0.1) is 10.1 Å². The van der Waals surface area contributed by atoms with Crippen molar-refractivity contribution in [3.63, 3.8) is 0 Å². The van der Waals surface area contributed by atoms with Crippen molar-refractivity contribution in [1.29, 1.82) is 0 Å². The molecule has 2 aromatic rings. The van der Waals surface area contributed by atoms with Crippen molar-refractivity contribution in [3.05, 3.63) is 68.7 Å². The minimum absolute atomic E-state index is 0.0582. The summed E-state index contributed by atoms with van der Waals surface area (Å²) < 4.78 is 22.8. The van der Waals surface area contributed by atoms with Gasteiger partial charge in [-0.2, -0.15) is 0 Å². The van der Waals surface area contributed by atoms with Gasteiger partial charge in [-0.05, 0) is 30.7 Å². The Morgan fingerprint density at radius 3 is 2.52 bits per heavy atom. The zero-order chi connectivity index (χ0) is 18.8. The van der Waals surface area contributed by atoms with Crippen LogP contribution in [0.1, 0.15) is 28.9 Å². The first-order chi connectivity index (χ1) is 11.6. The molecule has 3 N–H and O–H groups in total. The molecule has 2 rings (SSSR count). The van der Waals surface area contributed by atoms with Crippen LogP contribution in [0.3, 0.4) is 0 Å². The van der Waals surface area contributed by atoms with Crippen LogP contribution < -0.4 is 10.5 Å². The summed E-state index contributed by atoms with van der Waals surface area (Å²) in [6.07, 6.45) is 0. The number of hydrogen-bond acceptors (Lipinski definition) is 5. The van der Waals surface area contributed by atoms with Crippen molar-refractivity contribution in [2.75, 3.05) is 0 Å². The number of amides is 1. The number of primary sulfonamides is 1. The summed E-state index contributed by atoms with van der Waals surface area (Å²) in [5.74, 6) is -0.548. The van der Waals surface area contributed by atoms with Gasteiger partial charge >= 0.3 is 0 Å². The second-order valence-corrected chi connectivity index (χ2v) is 7.20. The highest BCUT2D eigenvalue weighted by Crippen LogP contribution is 2.23. The maximum Gasteiger partial charge on any atom is 0.270 e. The molecule has 0 fully saturated rings. The lowest BCUT2D eigenvalue weighted by Gasteiger charge is -2.15. The van der Waals surface area contributed by atoms with E-state index in [1.165, 1.54) is 30.3 Å². The minimum Gasteiger partial charge on any atom is -0.345 e. The summed E-state index contributed by atoms with van der Waals surface area (Å²) in [5, 5.41) is 18.4. The molecule has 8 nitrogen and oxygen atoms in total. The monoisotopic (exact) mass is 383 g/mol. The van der Waals surface area contributed by atoms with E-state index in [2.05, 4.69) is 5.32 Å². The summed E-state index contributed by atoms with van der Waals surface area (Å²) in [6.45, 7) is 1.65.